The number of imidazole rings is 1. The van der Waals surface area contributed by atoms with E-state index in [1.54, 1.807) is 30.5 Å². The van der Waals surface area contributed by atoms with Crippen LogP contribution in [-0.2, 0) is 17.1 Å². The Bertz CT molecular complexity index is 792. The molecule has 1 aliphatic rings. The summed E-state index contributed by atoms with van der Waals surface area (Å²) in [5.74, 6) is 1.40. The van der Waals surface area contributed by atoms with Crippen LogP contribution in [0, 0.1) is 0 Å². The summed E-state index contributed by atoms with van der Waals surface area (Å²) < 4.78 is 35.0. The van der Waals surface area contributed by atoms with Crippen molar-refractivity contribution < 1.29 is 13.2 Å². The summed E-state index contributed by atoms with van der Waals surface area (Å²) in [7, 11) is -1.73. The Morgan fingerprint density at radius 2 is 2.04 bits per heavy atom. The Hall–Kier alpha value is -1.61. The largest absolute Gasteiger partial charge is 0.494 e. The maximum absolute atomic E-state index is 13.1. The van der Waals surface area contributed by atoms with Gasteiger partial charge in [0.1, 0.15) is 11.6 Å². The molecule has 1 aromatic carbocycles. The predicted molar refractivity (Wildman–Crippen MR) is 97.6 cm³/mol. The van der Waals surface area contributed by atoms with Gasteiger partial charge in [-0.15, -0.1) is 12.4 Å². The second kappa shape index (κ2) is 8.18. The Morgan fingerprint density at radius 3 is 2.64 bits per heavy atom. The van der Waals surface area contributed by atoms with Crippen LogP contribution in [0.4, 0.5) is 0 Å². The molecule has 2 heterocycles. The highest BCUT2D eigenvalue weighted by atomic mass is 35.5. The second-order valence-electron chi connectivity index (χ2n) is 5.64. The highest BCUT2D eigenvalue weighted by Gasteiger charge is 2.36. The molecule has 3 rings (SSSR count). The number of sulfonamides is 1. The van der Waals surface area contributed by atoms with Crippen molar-refractivity contribution in [2.24, 2.45) is 7.05 Å². The fourth-order valence-corrected chi connectivity index (χ4v) is 4.49. The number of benzene rings is 1. The van der Waals surface area contributed by atoms with Crippen LogP contribution >= 0.6 is 12.4 Å². The molecule has 0 radical (unpaired) electrons. The summed E-state index contributed by atoms with van der Waals surface area (Å²) in [6.45, 7) is 4.01. The fourth-order valence-electron chi connectivity index (χ4n) is 2.90. The van der Waals surface area contributed by atoms with Crippen LogP contribution < -0.4 is 10.1 Å². The molecule has 0 spiro atoms. The normalized spacial score (nSPS) is 18.6. The summed E-state index contributed by atoms with van der Waals surface area (Å²) in [6, 6.07) is 6.24. The van der Waals surface area contributed by atoms with Gasteiger partial charge in [0.15, 0.2) is 0 Å². The number of nitrogens with one attached hydrogen (secondary N) is 1. The highest BCUT2D eigenvalue weighted by Crippen LogP contribution is 2.28. The quantitative estimate of drug-likeness (QED) is 0.844. The topological polar surface area (TPSA) is 76.5 Å². The van der Waals surface area contributed by atoms with E-state index in [1.165, 1.54) is 4.31 Å². The Labute approximate surface area is 154 Å². The van der Waals surface area contributed by atoms with Crippen molar-refractivity contribution in [2.75, 3.05) is 26.2 Å². The maximum Gasteiger partial charge on any atom is 0.243 e. The van der Waals surface area contributed by atoms with Crippen molar-refractivity contribution in [3.05, 3.63) is 42.5 Å². The van der Waals surface area contributed by atoms with Crippen molar-refractivity contribution in [1.82, 2.24) is 19.2 Å². The number of aryl methyl sites for hydroxylation is 1. The van der Waals surface area contributed by atoms with Gasteiger partial charge in [0.2, 0.25) is 10.0 Å². The number of halogens is 1. The van der Waals surface area contributed by atoms with Crippen molar-refractivity contribution in [1.29, 1.82) is 0 Å². The molecule has 138 valence electrons. The molecular weight excluding hydrogens is 364 g/mol. The van der Waals surface area contributed by atoms with E-state index in [0.29, 0.717) is 32.0 Å². The average molecular weight is 387 g/mol. The first-order chi connectivity index (χ1) is 11.5. The van der Waals surface area contributed by atoms with E-state index in [1.807, 2.05) is 24.7 Å². The number of nitrogens with zero attached hydrogens (tertiary/aromatic N) is 3. The lowest BCUT2D eigenvalue weighted by Gasteiger charge is -2.34. The molecule has 25 heavy (non-hydrogen) atoms. The zero-order valence-electron chi connectivity index (χ0n) is 14.3. The number of hydrogen-bond donors (Lipinski definition) is 1. The molecule has 0 saturated carbocycles. The molecule has 9 heteroatoms. The summed E-state index contributed by atoms with van der Waals surface area (Å²) >= 11 is 0. The molecule has 7 nitrogen and oxygen atoms in total. The molecule has 1 fully saturated rings. The fraction of sp³-hybridized carbons (Fsp3) is 0.438. The molecule has 1 N–H and O–H groups in total. The first-order valence-electron chi connectivity index (χ1n) is 7.96. The molecule has 1 aliphatic heterocycles. The van der Waals surface area contributed by atoms with Gasteiger partial charge in [0.05, 0.1) is 17.5 Å². The van der Waals surface area contributed by atoms with Crippen molar-refractivity contribution >= 4 is 22.4 Å². The zero-order chi connectivity index (χ0) is 17.2. The smallest absolute Gasteiger partial charge is 0.243 e. The minimum Gasteiger partial charge on any atom is -0.494 e. The predicted octanol–water partition coefficient (Wildman–Crippen LogP) is 1.58. The van der Waals surface area contributed by atoms with E-state index < -0.39 is 10.0 Å². The van der Waals surface area contributed by atoms with Gasteiger partial charge in [-0.25, -0.2) is 13.4 Å². The van der Waals surface area contributed by atoms with Crippen molar-refractivity contribution in [2.45, 2.75) is 17.9 Å². The molecule has 1 unspecified atom stereocenters. The van der Waals surface area contributed by atoms with Crippen LogP contribution in [0.5, 0.6) is 5.75 Å². The van der Waals surface area contributed by atoms with Crippen LogP contribution in [-0.4, -0.2) is 48.5 Å². The third kappa shape index (κ3) is 3.98. The van der Waals surface area contributed by atoms with Gasteiger partial charge >= 0.3 is 0 Å². The van der Waals surface area contributed by atoms with Crippen LogP contribution in [0.1, 0.15) is 18.8 Å². The van der Waals surface area contributed by atoms with E-state index >= 15 is 0 Å². The van der Waals surface area contributed by atoms with Gasteiger partial charge < -0.3 is 14.6 Å². The van der Waals surface area contributed by atoms with Gasteiger partial charge in [0, 0.05) is 39.1 Å². The molecular formula is C16H23ClN4O3S. The first kappa shape index (κ1) is 19.7. The van der Waals surface area contributed by atoms with Crippen LogP contribution in [0.2, 0.25) is 0 Å². The zero-order valence-corrected chi connectivity index (χ0v) is 15.9. The molecule has 1 aromatic heterocycles. The summed E-state index contributed by atoms with van der Waals surface area (Å²) in [4.78, 5) is 4.60. The molecule has 1 atom stereocenters. The lowest BCUT2D eigenvalue weighted by atomic mass is 10.2. The van der Waals surface area contributed by atoms with Crippen LogP contribution in [0.15, 0.2) is 41.6 Å². The number of aromatic nitrogens is 2. The SMILES string of the molecule is CCOc1ccc(S(=O)(=O)N2CCNCC2c2nccn2C)cc1.Cl. The van der Waals surface area contributed by atoms with Crippen molar-refractivity contribution in [3.63, 3.8) is 0 Å². The van der Waals surface area contributed by atoms with Gasteiger partial charge in [0.25, 0.3) is 0 Å². The van der Waals surface area contributed by atoms with Crippen LogP contribution in [0.3, 0.4) is 0 Å². The van der Waals surface area contributed by atoms with Gasteiger partial charge in [-0.3, -0.25) is 0 Å². The number of hydrogen-bond acceptors (Lipinski definition) is 5. The van der Waals surface area contributed by atoms with E-state index in [2.05, 4.69) is 10.3 Å². The Kier molecular flexibility index (Phi) is 6.45. The van der Waals surface area contributed by atoms with Gasteiger partial charge in [-0.05, 0) is 31.2 Å². The van der Waals surface area contributed by atoms with E-state index in [9.17, 15) is 8.42 Å². The first-order valence-corrected chi connectivity index (χ1v) is 9.40. The Balaban J connectivity index is 0.00000225. The lowest BCUT2D eigenvalue weighted by molar-refractivity contribution is 0.258. The number of piperazine rings is 1. The third-order valence-corrected chi connectivity index (χ3v) is 6.01. The monoisotopic (exact) mass is 386 g/mol. The molecule has 0 bridgehead atoms. The summed E-state index contributed by atoms with van der Waals surface area (Å²) in [5.41, 5.74) is 0. The molecule has 2 aromatic rings. The standard InChI is InChI=1S/C16H22N4O3S.ClH/c1-3-23-13-4-6-14(7-5-13)24(21,22)20-11-8-17-12-15(20)16-18-9-10-19(16)2;/h4-7,9-10,15,17H,3,8,11-12H2,1-2H3;1H. The van der Waals surface area contributed by atoms with Gasteiger partial charge in [-0.2, -0.15) is 4.31 Å². The minimum absolute atomic E-state index is 0. The molecule has 0 amide bonds. The number of rotatable bonds is 5. The highest BCUT2D eigenvalue weighted by molar-refractivity contribution is 7.89. The second-order valence-corrected chi connectivity index (χ2v) is 7.53. The van der Waals surface area contributed by atoms with E-state index in [-0.39, 0.29) is 23.3 Å². The van der Waals surface area contributed by atoms with Crippen LogP contribution in [0.25, 0.3) is 0 Å². The lowest BCUT2D eigenvalue weighted by Crippen LogP contribution is -2.49. The van der Waals surface area contributed by atoms with E-state index in [4.69, 9.17) is 4.74 Å². The molecule has 0 aliphatic carbocycles. The summed E-state index contributed by atoms with van der Waals surface area (Å²) in [6.07, 6.45) is 3.51. The van der Waals surface area contributed by atoms with Crippen molar-refractivity contribution in [3.8, 4) is 5.75 Å². The third-order valence-electron chi connectivity index (χ3n) is 4.09. The maximum atomic E-state index is 13.1. The number of ether oxygens (including phenoxy) is 1. The van der Waals surface area contributed by atoms with Gasteiger partial charge in [-0.1, -0.05) is 0 Å². The minimum atomic E-state index is -3.60. The molecule has 1 saturated heterocycles. The Morgan fingerprint density at radius 1 is 1.32 bits per heavy atom. The average Bonchev–Trinajstić information content (AvgIpc) is 3.01. The summed E-state index contributed by atoms with van der Waals surface area (Å²) in [5, 5.41) is 3.25. The van der Waals surface area contributed by atoms with E-state index in [0.717, 1.165) is 5.82 Å².